The molecule has 0 aliphatic heterocycles. The third-order valence-corrected chi connectivity index (χ3v) is 3.51. The zero-order valence-electron chi connectivity index (χ0n) is 13.4. The van der Waals surface area contributed by atoms with E-state index in [9.17, 15) is 4.79 Å². The van der Waals surface area contributed by atoms with E-state index in [1.165, 1.54) is 32.1 Å². The van der Waals surface area contributed by atoms with Gasteiger partial charge in [-0.15, -0.1) is 0 Å². The summed E-state index contributed by atoms with van der Waals surface area (Å²) in [6.07, 6.45) is 10.3. The molecule has 2 heteroatoms. The molecule has 1 aromatic rings. The predicted octanol–water partition coefficient (Wildman–Crippen LogP) is 5.43. The first-order chi connectivity index (χ1) is 10.2. The van der Waals surface area contributed by atoms with Crippen molar-refractivity contribution < 1.29 is 9.53 Å². The van der Waals surface area contributed by atoms with Crippen LogP contribution in [0.3, 0.4) is 0 Å². The number of carbonyl (C=O) groups excluding carboxylic acids is 1. The van der Waals surface area contributed by atoms with Crippen LogP contribution in [0.15, 0.2) is 42.0 Å². The van der Waals surface area contributed by atoms with E-state index in [0.717, 1.165) is 24.0 Å². The van der Waals surface area contributed by atoms with Crippen LogP contribution in [-0.4, -0.2) is 5.97 Å². The molecule has 0 N–H and O–H groups in total. The molecule has 1 aromatic carbocycles. The molecule has 0 spiro atoms. The highest BCUT2D eigenvalue weighted by atomic mass is 16.5. The summed E-state index contributed by atoms with van der Waals surface area (Å²) in [5.74, 6) is -0.234. The van der Waals surface area contributed by atoms with Crippen molar-refractivity contribution in [3.63, 3.8) is 0 Å². The molecule has 0 radical (unpaired) electrons. The Balaban J connectivity index is 2.16. The Bertz CT molecular complexity index is 420. The van der Waals surface area contributed by atoms with Gasteiger partial charge in [0.2, 0.25) is 0 Å². The van der Waals surface area contributed by atoms with Crippen LogP contribution in [0.2, 0.25) is 0 Å². The molecule has 0 amide bonds. The summed E-state index contributed by atoms with van der Waals surface area (Å²) in [6, 6.07) is 9.77. The average Bonchev–Trinajstić information content (AvgIpc) is 2.50. The minimum Gasteiger partial charge on any atom is -0.458 e. The molecule has 0 heterocycles. The van der Waals surface area contributed by atoms with Crippen molar-refractivity contribution in [2.75, 3.05) is 0 Å². The molecule has 0 aliphatic rings. The number of unbranched alkanes of at least 4 members (excludes halogenated alkanes) is 5. The first-order valence-electron chi connectivity index (χ1n) is 8.10. The minimum absolute atomic E-state index is 0.234. The molecule has 0 fully saturated rings. The van der Waals surface area contributed by atoms with Gasteiger partial charge in [-0.25, -0.2) is 4.79 Å². The van der Waals surface area contributed by atoms with Crippen molar-refractivity contribution in [3.8, 4) is 0 Å². The lowest BCUT2D eigenvalue weighted by molar-refractivity contribution is -0.139. The number of esters is 1. The van der Waals surface area contributed by atoms with Gasteiger partial charge in [0.05, 0.1) is 0 Å². The molecule has 0 bridgehead atoms. The Morgan fingerprint density at radius 1 is 1.05 bits per heavy atom. The van der Waals surface area contributed by atoms with Crippen LogP contribution in [0, 0.1) is 0 Å². The lowest BCUT2D eigenvalue weighted by Crippen LogP contribution is -2.01. The number of ether oxygens (including phenoxy) is 1. The van der Waals surface area contributed by atoms with Gasteiger partial charge >= 0.3 is 5.97 Å². The Kier molecular flexibility index (Phi) is 9.26. The zero-order valence-corrected chi connectivity index (χ0v) is 13.4. The SMILES string of the molecule is CCCCCCCC/C(C)=C/C(=O)OCc1ccccc1. The quantitative estimate of drug-likeness (QED) is 0.326. The summed E-state index contributed by atoms with van der Waals surface area (Å²) >= 11 is 0. The third-order valence-electron chi connectivity index (χ3n) is 3.51. The highest BCUT2D eigenvalue weighted by Gasteiger charge is 2.01. The first kappa shape index (κ1) is 17.5. The molecule has 0 aromatic heterocycles. The van der Waals surface area contributed by atoms with E-state index in [1.54, 1.807) is 6.08 Å². The van der Waals surface area contributed by atoms with Gasteiger partial charge in [-0.1, -0.05) is 74.9 Å². The lowest BCUT2D eigenvalue weighted by Gasteiger charge is -2.04. The molecule has 0 unspecified atom stereocenters. The number of benzene rings is 1. The van der Waals surface area contributed by atoms with E-state index in [0.29, 0.717) is 6.61 Å². The van der Waals surface area contributed by atoms with Crippen LogP contribution >= 0.6 is 0 Å². The molecule has 0 saturated heterocycles. The average molecular weight is 288 g/mol. The van der Waals surface area contributed by atoms with Crippen molar-refractivity contribution in [2.24, 2.45) is 0 Å². The number of carbonyl (C=O) groups is 1. The second kappa shape index (κ2) is 11.1. The van der Waals surface area contributed by atoms with Crippen LogP contribution in [0.4, 0.5) is 0 Å². The van der Waals surface area contributed by atoms with E-state index in [-0.39, 0.29) is 5.97 Å². The molecule has 2 nitrogen and oxygen atoms in total. The van der Waals surface area contributed by atoms with Crippen LogP contribution in [0.25, 0.3) is 0 Å². The van der Waals surface area contributed by atoms with E-state index in [2.05, 4.69) is 6.92 Å². The summed E-state index contributed by atoms with van der Waals surface area (Å²) < 4.78 is 5.24. The summed E-state index contributed by atoms with van der Waals surface area (Å²) in [6.45, 7) is 4.59. The largest absolute Gasteiger partial charge is 0.458 e. The standard InChI is InChI=1S/C19H28O2/c1-3-4-5-6-7-9-12-17(2)15-19(20)21-16-18-13-10-8-11-14-18/h8,10-11,13-15H,3-7,9,12,16H2,1-2H3/b17-15+. The summed E-state index contributed by atoms with van der Waals surface area (Å²) in [4.78, 5) is 11.7. The topological polar surface area (TPSA) is 26.3 Å². The van der Waals surface area contributed by atoms with Gasteiger partial charge in [0.25, 0.3) is 0 Å². The van der Waals surface area contributed by atoms with Gasteiger partial charge < -0.3 is 4.74 Å². The van der Waals surface area contributed by atoms with Gasteiger partial charge in [0, 0.05) is 6.08 Å². The summed E-state index contributed by atoms with van der Waals surface area (Å²) in [5.41, 5.74) is 2.14. The number of allylic oxidation sites excluding steroid dienone is 1. The summed E-state index contributed by atoms with van der Waals surface area (Å²) in [5, 5.41) is 0. The third kappa shape index (κ3) is 9.06. The van der Waals surface area contributed by atoms with Gasteiger partial charge in [-0.05, 0) is 25.3 Å². The van der Waals surface area contributed by atoms with E-state index in [1.807, 2.05) is 37.3 Å². The number of rotatable bonds is 10. The molecule has 21 heavy (non-hydrogen) atoms. The highest BCUT2D eigenvalue weighted by Crippen LogP contribution is 2.11. The second-order valence-corrected chi connectivity index (χ2v) is 5.60. The van der Waals surface area contributed by atoms with Crippen LogP contribution in [-0.2, 0) is 16.1 Å². The van der Waals surface area contributed by atoms with Crippen molar-refractivity contribution in [1.82, 2.24) is 0 Å². The van der Waals surface area contributed by atoms with Crippen LogP contribution < -0.4 is 0 Å². The molecule has 0 aliphatic carbocycles. The Labute approximate surface area is 129 Å². The fourth-order valence-corrected chi connectivity index (χ4v) is 2.23. The minimum atomic E-state index is -0.234. The predicted molar refractivity (Wildman–Crippen MR) is 88.0 cm³/mol. The molecular formula is C19H28O2. The number of hydrogen-bond acceptors (Lipinski definition) is 2. The second-order valence-electron chi connectivity index (χ2n) is 5.60. The fourth-order valence-electron chi connectivity index (χ4n) is 2.23. The zero-order chi connectivity index (χ0) is 15.3. The van der Waals surface area contributed by atoms with Crippen LogP contribution in [0.5, 0.6) is 0 Å². The Hall–Kier alpha value is -1.57. The van der Waals surface area contributed by atoms with Gasteiger partial charge in [0.1, 0.15) is 6.61 Å². The van der Waals surface area contributed by atoms with Gasteiger partial charge in [-0.2, -0.15) is 0 Å². The lowest BCUT2D eigenvalue weighted by atomic mass is 10.1. The van der Waals surface area contributed by atoms with E-state index >= 15 is 0 Å². The monoisotopic (exact) mass is 288 g/mol. The summed E-state index contributed by atoms with van der Waals surface area (Å²) in [7, 11) is 0. The number of hydrogen-bond donors (Lipinski definition) is 0. The van der Waals surface area contributed by atoms with Crippen molar-refractivity contribution >= 4 is 5.97 Å². The maximum absolute atomic E-state index is 11.7. The van der Waals surface area contributed by atoms with E-state index < -0.39 is 0 Å². The van der Waals surface area contributed by atoms with Crippen molar-refractivity contribution in [1.29, 1.82) is 0 Å². The maximum Gasteiger partial charge on any atom is 0.331 e. The Morgan fingerprint density at radius 3 is 2.43 bits per heavy atom. The van der Waals surface area contributed by atoms with E-state index in [4.69, 9.17) is 4.74 Å². The molecule has 116 valence electrons. The first-order valence-corrected chi connectivity index (χ1v) is 8.10. The van der Waals surface area contributed by atoms with Crippen molar-refractivity contribution in [2.45, 2.75) is 65.4 Å². The van der Waals surface area contributed by atoms with Gasteiger partial charge in [-0.3, -0.25) is 0 Å². The molecular weight excluding hydrogens is 260 g/mol. The normalized spacial score (nSPS) is 11.4. The van der Waals surface area contributed by atoms with Crippen molar-refractivity contribution in [3.05, 3.63) is 47.5 Å². The Morgan fingerprint density at radius 2 is 1.71 bits per heavy atom. The highest BCUT2D eigenvalue weighted by molar-refractivity contribution is 5.82. The molecule has 0 atom stereocenters. The molecule has 0 saturated carbocycles. The fraction of sp³-hybridized carbons (Fsp3) is 0.526. The maximum atomic E-state index is 11.7. The molecule has 1 rings (SSSR count). The van der Waals surface area contributed by atoms with Crippen LogP contribution in [0.1, 0.15) is 64.4 Å². The van der Waals surface area contributed by atoms with Gasteiger partial charge in [0.15, 0.2) is 0 Å². The smallest absolute Gasteiger partial charge is 0.331 e.